The second-order valence-corrected chi connectivity index (χ2v) is 10.5. The van der Waals surface area contributed by atoms with Crippen LogP contribution in [0.1, 0.15) is 24.0 Å². The topological polar surface area (TPSA) is 52.6 Å². The van der Waals surface area contributed by atoms with E-state index in [2.05, 4.69) is 10.2 Å². The first-order valence-corrected chi connectivity index (χ1v) is 12.4. The fraction of sp³-hybridized carbons (Fsp3) is 0.417. The van der Waals surface area contributed by atoms with Crippen LogP contribution in [0.4, 0.5) is 0 Å². The van der Waals surface area contributed by atoms with Gasteiger partial charge in [-0.05, 0) is 55.3 Å². The normalized spacial score (nSPS) is 18.6. The molecule has 4 rings (SSSR count). The molecule has 0 radical (unpaired) electrons. The van der Waals surface area contributed by atoms with E-state index in [4.69, 9.17) is 46.4 Å². The molecule has 176 valence electrons. The molecule has 33 heavy (non-hydrogen) atoms. The minimum atomic E-state index is -0.736. The lowest BCUT2D eigenvalue weighted by Gasteiger charge is -2.35. The lowest BCUT2D eigenvalue weighted by molar-refractivity contribution is -0.138. The van der Waals surface area contributed by atoms with Gasteiger partial charge in [0.1, 0.15) is 6.04 Å². The number of carbonyl (C=O) groups excluding carboxylic acids is 2. The SMILES string of the molecule is CN1CCN(C(=O)[C@H](Cc2ccc(Cl)cc2Cl)NC(=O)C2(c3ccc(Cl)c(Cl)c3)CC2)CC1. The van der Waals surface area contributed by atoms with Crippen molar-refractivity contribution < 1.29 is 9.59 Å². The summed E-state index contributed by atoms with van der Waals surface area (Å²) in [6.45, 7) is 2.82. The maximum atomic E-state index is 13.5. The van der Waals surface area contributed by atoms with E-state index in [0.717, 1.165) is 24.2 Å². The Kier molecular flexibility index (Phi) is 7.47. The zero-order valence-electron chi connectivity index (χ0n) is 18.2. The third-order valence-electron chi connectivity index (χ3n) is 6.51. The van der Waals surface area contributed by atoms with Gasteiger partial charge in [0.2, 0.25) is 11.8 Å². The third-order valence-corrected chi connectivity index (χ3v) is 7.84. The molecule has 9 heteroatoms. The highest BCUT2D eigenvalue weighted by atomic mass is 35.5. The van der Waals surface area contributed by atoms with Gasteiger partial charge in [0.05, 0.1) is 15.5 Å². The van der Waals surface area contributed by atoms with Crippen LogP contribution in [0.3, 0.4) is 0 Å². The van der Waals surface area contributed by atoms with E-state index < -0.39 is 11.5 Å². The molecule has 1 aliphatic carbocycles. The van der Waals surface area contributed by atoms with Crippen molar-refractivity contribution in [2.75, 3.05) is 33.2 Å². The number of hydrogen-bond acceptors (Lipinski definition) is 3. The molecule has 1 saturated carbocycles. The molecule has 1 aliphatic heterocycles. The van der Waals surface area contributed by atoms with Crippen LogP contribution in [0, 0.1) is 0 Å². The maximum Gasteiger partial charge on any atom is 0.245 e. The average molecular weight is 529 g/mol. The minimum absolute atomic E-state index is 0.104. The Bertz CT molecular complexity index is 1070. The summed E-state index contributed by atoms with van der Waals surface area (Å²) in [4.78, 5) is 31.0. The Labute approximate surface area is 213 Å². The number of carbonyl (C=O) groups is 2. The van der Waals surface area contributed by atoms with Gasteiger partial charge in [0, 0.05) is 42.6 Å². The highest BCUT2D eigenvalue weighted by Gasteiger charge is 2.52. The maximum absolute atomic E-state index is 13.5. The minimum Gasteiger partial charge on any atom is -0.343 e. The van der Waals surface area contributed by atoms with Crippen molar-refractivity contribution in [3.8, 4) is 0 Å². The van der Waals surface area contributed by atoms with Gasteiger partial charge in [-0.25, -0.2) is 0 Å². The smallest absolute Gasteiger partial charge is 0.245 e. The summed E-state index contributed by atoms with van der Waals surface area (Å²) in [7, 11) is 2.03. The van der Waals surface area contributed by atoms with Crippen molar-refractivity contribution >= 4 is 58.2 Å². The molecular weight excluding hydrogens is 504 g/mol. The van der Waals surface area contributed by atoms with E-state index >= 15 is 0 Å². The molecule has 1 N–H and O–H groups in total. The van der Waals surface area contributed by atoms with Gasteiger partial charge in [0.15, 0.2) is 0 Å². The summed E-state index contributed by atoms with van der Waals surface area (Å²) < 4.78 is 0. The van der Waals surface area contributed by atoms with Crippen molar-refractivity contribution in [2.45, 2.75) is 30.7 Å². The zero-order chi connectivity index (χ0) is 23.8. The number of likely N-dealkylation sites (N-methyl/N-ethyl adjacent to an activating group) is 1. The first kappa shape index (κ1) is 24.6. The van der Waals surface area contributed by atoms with Crippen LogP contribution in [0.15, 0.2) is 36.4 Å². The van der Waals surface area contributed by atoms with Crippen molar-refractivity contribution in [3.63, 3.8) is 0 Å². The number of rotatable bonds is 6. The number of nitrogens with one attached hydrogen (secondary N) is 1. The number of hydrogen-bond donors (Lipinski definition) is 1. The highest BCUT2D eigenvalue weighted by Crippen LogP contribution is 2.49. The predicted octanol–water partition coefficient (Wildman–Crippen LogP) is 4.83. The number of benzene rings is 2. The fourth-order valence-electron chi connectivity index (χ4n) is 4.22. The zero-order valence-corrected chi connectivity index (χ0v) is 21.2. The van der Waals surface area contributed by atoms with Crippen molar-refractivity contribution in [1.82, 2.24) is 15.1 Å². The summed E-state index contributed by atoms with van der Waals surface area (Å²) in [5.74, 6) is -0.286. The van der Waals surface area contributed by atoms with Crippen LogP contribution in [-0.2, 0) is 21.4 Å². The van der Waals surface area contributed by atoms with Crippen molar-refractivity contribution in [2.24, 2.45) is 0 Å². The van der Waals surface area contributed by atoms with Crippen LogP contribution >= 0.6 is 46.4 Å². The van der Waals surface area contributed by atoms with Gasteiger partial charge in [-0.15, -0.1) is 0 Å². The first-order valence-electron chi connectivity index (χ1n) is 10.9. The summed E-state index contributed by atoms with van der Waals surface area (Å²) in [5, 5.41) is 4.88. The lowest BCUT2D eigenvalue weighted by atomic mass is 9.94. The first-order chi connectivity index (χ1) is 15.7. The molecule has 2 aliphatic rings. The van der Waals surface area contributed by atoms with Gasteiger partial charge in [-0.3, -0.25) is 9.59 Å². The largest absolute Gasteiger partial charge is 0.343 e. The van der Waals surface area contributed by atoms with Gasteiger partial charge < -0.3 is 15.1 Å². The number of nitrogens with zero attached hydrogens (tertiary/aromatic N) is 2. The molecule has 0 bridgehead atoms. The Morgan fingerprint density at radius 3 is 2.24 bits per heavy atom. The quantitative estimate of drug-likeness (QED) is 0.584. The molecule has 1 atom stereocenters. The number of amides is 2. The monoisotopic (exact) mass is 527 g/mol. The Balaban J connectivity index is 1.57. The van der Waals surface area contributed by atoms with Crippen LogP contribution in [0.25, 0.3) is 0 Å². The average Bonchev–Trinajstić information content (AvgIpc) is 3.59. The van der Waals surface area contributed by atoms with Gasteiger partial charge >= 0.3 is 0 Å². The van der Waals surface area contributed by atoms with Crippen LogP contribution < -0.4 is 5.32 Å². The van der Waals surface area contributed by atoms with E-state index in [1.54, 1.807) is 30.3 Å². The Morgan fingerprint density at radius 1 is 0.939 bits per heavy atom. The molecule has 2 aromatic rings. The summed E-state index contributed by atoms with van der Waals surface area (Å²) >= 11 is 24.7. The van der Waals surface area contributed by atoms with Crippen LogP contribution in [0.5, 0.6) is 0 Å². The molecule has 1 heterocycles. The second-order valence-electron chi connectivity index (χ2n) is 8.81. The van der Waals surface area contributed by atoms with E-state index in [1.165, 1.54) is 0 Å². The number of piperazine rings is 1. The van der Waals surface area contributed by atoms with Crippen molar-refractivity contribution in [1.29, 1.82) is 0 Å². The molecule has 2 amide bonds. The van der Waals surface area contributed by atoms with Gasteiger partial charge in [-0.2, -0.15) is 0 Å². The molecule has 2 aromatic carbocycles. The van der Waals surface area contributed by atoms with Gasteiger partial charge in [-0.1, -0.05) is 58.5 Å². The summed E-state index contributed by atoms with van der Waals surface area (Å²) in [6, 6.07) is 9.72. The van der Waals surface area contributed by atoms with Gasteiger partial charge in [0.25, 0.3) is 0 Å². The lowest BCUT2D eigenvalue weighted by Crippen LogP contribution is -2.56. The molecule has 1 saturated heterocycles. The number of halogens is 4. The Morgan fingerprint density at radius 2 is 1.64 bits per heavy atom. The van der Waals surface area contributed by atoms with E-state index in [1.807, 2.05) is 18.0 Å². The van der Waals surface area contributed by atoms with Crippen LogP contribution in [0.2, 0.25) is 20.1 Å². The predicted molar refractivity (Wildman–Crippen MR) is 134 cm³/mol. The van der Waals surface area contributed by atoms with E-state index in [0.29, 0.717) is 46.0 Å². The Hall–Kier alpha value is -1.50. The highest BCUT2D eigenvalue weighted by molar-refractivity contribution is 6.42. The molecular formula is C24H25Cl4N3O2. The summed E-state index contributed by atoms with van der Waals surface area (Å²) in [5.41, 5.74) is 0.872. The molecule has 0 unspecified atom stereocenters. The molecule has 5 nitrogen and oxygen atoms in total. The second kappa shape index (κ2) is 10.0. The molecule has 0 aromatic heterocycles. The van der Waals surface area contributed by atoms with Crippen LogP contribution in [-0.4, -0.2) is 60.9 Å². The third kappa shape index (κ3) is 5.44. The van der Waals surface area contributed by atoms with Crippen molar-refractivity contribution in [3.05, 3.63) is 67.6 Å². The molecule has 0 spiro atoms. The molecule has 2 fully saturated rings. The van der Waals surface area contributed by atoms with E-state index in [-0.39, 0.29) is 18.2 Å². The fourth-order valence-corrected chi connectivity index (χ4v) is 5.00. The standard InChI is InChI=1S/C24H25Cl4N3O2/c1-30-8-10-31(11-9-30)22(32)21(12-15-2-4-17(25)14-19(15)27)29-23(33)24(6-7-24)16-3-5-18(26)20(28)13-16/h2-5,13-14,21H,6-12H2,1H3,(H,29,33)/t21-/m0/s1. The van der Waals surface area contributed by atoms with E-state index in [9.17, 15) is 9.59 Å². The summed E-state index contributed by atoms with van der Waals surface area (Å²) in [6.07, 6.45) is 1.66.